The zero-order chi connectivity index (χ0) is 15.6. The van der Waals surface area contributed by atoms with Crippen LogP contribution in [0.2, 0.25) is 0 Å². The Morgan fingerprint density at radius 3 is 2.64 bits per heavy atom. The minimum atomic E-state index is 0.806. The third-order valence-corrected chi connectivity index (χ3v) is 3.87. The van der Waals surface area contributed by atoms with E-state index in [4.69, 9.17) is 4.74 Å². The third-order valence-electron chi connectivity index (χ3n) is 3.87. The molecule has 0 aliphatic heterocycles. The summed E-state index contributed by atoms with van der Waals surface area (Å²) in [5.41, 5.74) is 1.31. The Morgan fingerprint density at radius 2 is 2.00 bits per heavy atom. The fourth-order valence-electron chi connectivity index (χ4n) is 2.20. The summed E-state index contributed by atoms with van der Waals surface area (Å²) in [6.07, 6.45) is 5.98. The van der Waals surface area contributed by atoms with Crippen molar-refractivity contribution < 1.29 is 4.74 Å². The lowest BCUT2D eigenvalue weighted by Crippen LogP contribution is -2.39. The van der Waals surface area contributed by atoms with Crippen molar-refractivity contribution in [2.45, 2.75) is 39.0 Å². The fraction of sp³-hybridized carbons (Fsp3) is 0.611. The molecule has 0 saturated heterocycles. The molecule has 1 aliphatic carbocycles. The zero-order valence-corrected chi connectivity index (χ0v) is 13.9. The van der Waals surface area contributed by atoms with Gasteiger partial charge in [-0.1, -0.05) is 25.5 Å². The van der Waals surface area contributed by atoms with E-state index >= 15 is 0 Å². The van der Waals surface area contributed by atoms with Gasteiger partial charge < -0.3 is 15.4 Å². The van der Waals surface area contributed by atoms with Crippen molar-refractivity contribution in [1.29, 1.82) is 0 Å². The SMILES string of the molecule is CCCCOc1ccc(CCNC(=NC)NCC2CC2)cc1. The van der Waals surface area contributed by atoms with E-state index in [-0.39, 0.29) is 0 Å². The van der Waals surface area contributed by atoms with Crippen LogP contribution in [0.3, 0.4) is 0 Å². The average molecular weight is 303 g/mol. The lowest BCUT2D eigenvalue weighted by atomic mass is 10.1. The Hall–Kier alpha value is -1.71. The Balaban J connectivity index is 1.64. The quantitative estimate of drug-likeness (QED) is 0.419. The molecule has 0 amide bonds. The van der Waals surface area contributed by atoms with Crippen LogP contribution in [-0.4, -0.2) is 32.7 Å². The van der Waals surface area contributed by atoms with Crippen LogP contribution in [0.4, 0.5) is 0 Å². The monoisotopic (exact) mass is 303 g/mol. The van der Waals surface area contributed by atoms with Gasteiger partial charge in [0.15, 0.2) is 5.96 Å². The minimum Gasteiger partial charge on any atom is -0.494 e. The number of aliphatic imine (C=N–C) groups is 1. The van der Waals surface area contributed by atoms with Crippen LogP contribution in [0.5, 0.6) is 5.75 Å². The maximum Gasteiger partial charge on any atom is 0.190 e. The first-order valence-electron chi connectivity index (χ1n) is 8.48. The van der Waals surface area contributed by atoms with Crippen LogP contribution in [-0.2, 0) is 6.42 Å². The first-order chi connectivity index (χ1) is 10.8. The predicted molar refractivity (Wildman–Crippen MR) is 92.6 cm³/mol. The molecule has 0 spiro atoms. The summed E-state index contributed by atoms with van der Waals surface area (Å²) < 4.78 is 5.68. The van der Waals surface area contributed by atoms with Gasteiger partial charge in [-0.3, -0.25) is 4.99 Å². The first-order valence-corrected chi connectivity index (χ1v) is 8.48. The maximum absolute atomic E-state index is 5.68. The normalized spacial score (nSPS) is 14.7. The second-order valence-electron chi connectivity index (χ2n) is 5.92. The van der Waals surface area contributed by atoms with Crippen molar-refractivity contribution in [3.05, 3.63) is 29.8 Å². The number of benzene rings is 1. The highest BCUT2D eigenvalue weighted by Crippen LogP contribution is 2.27. The van der Waals surface area contributed by atoms with E-state index < -0.39 is 0 Å². The highest BCUT2D eigenvalue weighted by Gasteiger charge is 2.20. The fourth-order valence-corrected chi connectivity index (χ4v) is 2.20. The smallest absolute Gasteiger partial charge is 0.190 e. The maximum atomic E-state index is 5.68. The molecule has 1 aliphatic rings. The summed E-state index contributed by atoms with van der Waals surface area (Å²) in [6, 6.07) is 8.41. The summed E-state index contributed by atoms with van der Waals surface area (Å²) in [5, 5.41) is 6.74. The lowest BCUT2D eigenvalue weighted by Gasteiger charge is -2.11. The van der Waals surface area contributed by atoms with Gasteiger partial charge in [-0.2, -0.15) is 0 Å². The number of hydrogen-bond donors (Lipinski definition) is 2. The summed E-state index contributed by atoms with van der Waals surface area (Å²) in [7, 11) is 1.82. The second-order valence-corrected chi connectivity index (χ2v) is 5.92. The van der Waals surface area contributed by atoms with E-state index in [0.717, 1.165) is 50.2 Å². The Morgan fingerprint density at radius 1 is 1.23 bits per heavy atom. The number of rotatable bonds is 9. The summed E-state index contributed by atoms with van der Waals surface area (Å²) in [6.45, 7) is 4.91. The summed E-state index contributed by atoms with van der Waals surface area (Å²) in [5.74, 6) is 2.73. The highest BCUT2D eigenvalue weighted by molar-refractivity contribution is 5.79. The van der Waals surface area contributed by atoms with Crippen LogP contribution in [0, 0.1) is 5.92 Å². The van der Waals surface area contributed by atoms with Gasteiger partial charge in [0.05, 0.1) is 6.61 Å². The van der Waals surface area contributed by atoms with Crippen LogP contribution in [0.25, 0.3) is 0 Å². The Kier molecular flexibility index (Phi) is 7.07. The van der Waals surface area contributed by atoms with Crippen LogP contribution in [0.1, 0.15) is 38.2 Å². The molecule has 1 aromatic rings. The molecule has 0 radical (unpaired) electrons. The van der Waals surface area contributed by atoms with E-state index in [1.54, 1.807) is 0 Å². The summed E-state index contributed by atoms with van der Waals surface area (Å²) >= 11 is 0. The van der Waals surface area contributed by atoms with Crippen molar-refractivity contribution in [3.8, 4) is 5.75 Å². The van der Waals surface area contributed by atoms with Gasteiger partial charge in [0, 0.05) is 20.1 Å². The molecule has 0 atom stereocenters. The molecule has 0 heterocycles. The molecule has 122 valence electrons. The largest absolute Gasteiger partial charge is 0.494 e. The average Bonchev–Trinajstić information content (AvgIpc) is 3.36. The Bertz CT molecular complexity index is 452. The van der Waals surface area contributed by atoms with Gasteiger partial charge >= 0.3 is 0 Å². The van der Waals surface area contributed by atoms with Crippen molar-refractivity contribution in [3.63, 3.8) is 0 Å². The molecule has 22 heavy (non-hydrogen) atoms. The second kappa shape index (κ2) is 9.34. The molecular formula is C18H29N3O. The third kappa shape index (κ3) is 6.37. The zero-order valence-electron chi connectivity index (χ0n) is 13.9. The van der Waals surface area contributed by atoms with Crippen LogP contribution >= 0.6 is 0 Å². The van der Waals surface area contributed by atoms with E-state index in [2.05, 4.69) is 46.8 Å². The highest BCUT2D eigenvalue weighted by atomic mass is 16.5. The van der Waals surface area contributed by atoms with Gasteiger partial charge in [-0.05, 0) is 49.3 Å². The predicted octanol–water partition coefficient (Wildman–Crippen LogP) is 2.98. The number of nitrogens with one attached hydrogen (secondary N) is 2. The van der Waals surface area contributed by atoms with Gasteiger partial charge in [0.1, 0.15) is 5.75 Å². The topological polar surface area (TPSA) is 45.6 Å². The molecule has 1 fully saturated rings. The van der Waals surface area contributed by atoms with Gasteiger partial charge in [0.25, 0.3) is 0 Å². The molecule has 1 aromatic carbocycles. The lowest BCUT2D eigenvalue weighted by molar-refractivity contribution is 0.309. The number of ether oxygens (including phenoxy) is 1. The molecular weight excluding hydrogens is 274 g/mol. The van der Waals surface area contributed by atoms with E-state index in [9.17, 15) is 0 Å². The van der Waals surface area contributed by atoms with E-state index in [0.29, 0.717) is 0 Å². The number of guanidine groups is 1. The first kappa shape index (κ1) is 16.7. The van der Waals surface area contributed by atoms with Crippen molar-refractivity contribution in [2.24, 2.45) is 10.9 Å². The summed E-state index contributed by atoms with van der Waals surface area (Å²) in [4.78, 5) is 4.25. The van der Waals surface area contributed by atoms with Gasteiger partial charge in [-0.25, -0.2) is 0 Å². The molecule has 0 unspecified atom stereocenters. The van der Waals surface area contributed by atoms with E-state index in [1.165, 1.54) is 24.8 Å². The van der Waals surface area contributed by atoms with Crippen molar-refractivity contribution in [1.82, 2.24) is 10.6 Å². The number of hydrogen-bond acceptors (Lipinski definition) is 2. The van der Waals surface area contributed by atoms with Gasteiger partial charge in [0.2, 0.25) is 0 Å². The van der Waals surface area contributed by atoms with Gasteiger partial charge in [-0.15, -0.1) is 0 Å². The van der Waals surface area contributed by atoms with Crippen LogP contribution in [0.15, 0.2) is 29.3 Å². The van der Waals surface area contributed by atoms with E-state index in [1.807, 2.05) is 7.05 Å². The molecule has 0 bridgehead atoms. The molecule has 4 heteroatoms. The number of nitrogens with zero attached hydrogens (tertiary/aromatic N) is 1. The molecule has 2 rings (SSSR count). The standard InChI is InChI=1S/C18H29N3O/c1-3-4-13-22-17-9-7-15(8-10-17)11-12-20-18(19-2)21-14-16-5-6-16/h7-10,16H,3-6,11-14H2,1-2H3,(H2,19,20,21). The molecule has 2 N–H and O–H groups in total. The molecule has 4 nitrogen and oxygen atoms in total. The minimum absolute atomic E-state index is 0.806. The molecule has 1 saturated carbocycles. The Labute approximate surface area is 134 Å². The van der Waals surface area contributed by atoms with Crippen molar-refractivity contribution >= 4 is 5.96 Å². The van der Waals surface area contributed by atoms with Crippen LogP contribution < -0.4 is 15.4 Å². The number of unbranched alkanes of at least 4 members (excludes halogenated alkanes) is 1. The van der Waals surface area contributed by atoms with Crippen molar-refractivity contribution in [2.75, 3.05) is 26.7 Å². The molecule has 0 aromatic heterocycles.